The monoisotopic (exact) mass is 188 g/mol. The molecule has 0 fully saturated rings. The van der Waals surface area contributed by atoms with Gasteiger partial charge in [0.05, 0.1) is 6.10 Å². The average molecular weight is 188 g/mol. The number of rotatable bonds is 6. The Morgan fingerprint density at radius 2 is 1.54 bits per heavy atom. The van der Waals surface area contributed by atoms with Gasteiger partial charge in [0.15, 0.2) is 0 Å². The van der Waals surface area contributed by atoms with Crippen molar-refractivity contribution in [3.05, 3.63) is 25.3 Å². The van der Waals surface area contributed by atoms with E-state index in [1.165, 1.54) is 6.08 Å². The van der Waals surface area contributed by atoms with Crippen molar-refractivity contribution in [1.82, 2.24) is 0 Å². The van der Waals surface area contributed by atoms with E-state index in [9.17, 15) is 15.3 Å². The lowest BCUT2D eigenvalue weighted by Gasteiger charge is -2.24. The highest BCUT2D eigenvalue weighted by Crippen LogP contribution is 2.08. The Morgan fingerprint density at radius 3 is 1.92 bits per heavy atom. The minimum absolute atomic E-state index is 0.155. The first-order valence-electron chi connectivity index (χ1n) is 4.00. The second-order valence-electron chi connectivity index (χ2n) is 2.80. The maximum absolute atomic E-state index is 9.26. The predicted octanol–water partition coefficient (Wildman–Crippen LogP) is -0.808. The van der Waals surface area contributed by atoms with Crippen molar-refractivity contribution >= 4 is 0 Å². The first kappa shape index (κ1) is 12.3. The predicted molar refractivity (Wildman–Crippen MR) is 49.0 cm³/mol. The van der Waals surface area contributed by atoms with Crippen molar-refractivity contribution in [2.24, 2.45) is 0 Å². The largest absolute Gasteiger partial charge is 0.390 e. The van der Waals surface area contributed by atoms with Gasteiger partial charge in [-0.15, -0.1) is 13.2 Å². The Balaban J connectivity index is 4.14. The molecule has 0 unspecified atom stereocenters. The molecule has 0 aromatic rings. The molecule has 4 N–H and O–H groups in total. The molecular weight excluding hydrogens is 172 g/mol. The van der Waals surface area contributed by atoms with Crippen LogP contribution in [0.1, 0.15) is 6.42 Å². The zero-order valence-electron chi connectivity index (χ0n) is 7.37. The molecule has 0 bridgehead atoms. The van der Waals surface area contributed by atoms with Crippen molar-refractivity contribution in [2.45, 2.75) is 30.8 Å². The molecule has 0 heterocycles. The third-order valence-electron chi connectivity index (χ3n) is 1.74. The van der Waals surface area contributed by atoms with Gasteiger partial charge in [0.25, 0.3) is 0 Å². The van der Waals surface area contributed by atoms with Crippen LogP contribution < -0.4 is 0 Å². The summed E-state index contributed by atoms with van der Waals surface area (Å²) in [5.74, 6) is 0. The highest BCUT2D eigenvalue weighted by atomic mass is 16.4. The van der Waals surface area contributed by atoms with E-state index >= 15 is 0 Å². The number of hydrogen-bond donors (Lipinski definition) is 4. The molecule has 0 saturated carbocycles. The molecule has 0 rings (SSSR count). The van der Waals surface area contributed by atoms with E-state index in [0.717, 1.165) is 6.08 Å². The van der Waals surface area contributed by atoms with Crippen LogP contribution in [0.2, 0.25) is 0 Å². The molecule has 4 atom stereocenters. The van der Waals surface area contributed by atoms with E-state index in [1.807, 2.05) is 0 Å². The summed E-state index contributed by atoms with van der Waals surface area (Å²) in [6.07, 6.45) is -2.52. The van der Waals surface area contributed by atoms with E-state index in [0.29, 0.717) is 0 Å². The standard InChI is InChI=1S/C9H16O4/c1-3-5-7(11)9(13)8(12)6(10)4-2/h3-4,6-13H,1-2,5H2/t6-,7-,8+,9-/m1/s1. The number of aliphatic hydroxyl groups excluding tert-OH is 4. The van der Waals surface area contributed by atoms with Crippen LogP contribution in [0.3, 0.4) is 0 Å². The van der Waals surface area contributed by atoms with Gasteiger partial charge in [0, 0.05) is 0 Å². The second-order valence-corrected chi connectivity index (χ2v) is 2.80. The fraction of sp³-hybridized carbons (Fsp3) is 0.556. The minimum Gasteiger partial charge on any atom is -0.390 e. The zero-order chi connectivity index (χ0) is 10.4. The Kier molecular flexibility index (Phi) is 5.57. The lowest BCUT2D eigenvalue weighted by Crippen LogP contribution is -2.43. The van der Waals surface area contributed by atoms with Crippen LogP contribution in [0.25, 0.3) is 0 Å². The molecule has 0 saturated heterocycles. The second kappa shape index (κ2) is 5.88. The van der Waals surface area contributed by atoms with Gasteiger partial charge >= 0.3 is 0 Å². The summed E-state index contributed by atoms with van der Waals surface area (Å²) in [7, 11) is 0. The van der Waals surface area contributed by atoms with Gasteiger partial charge in [-0.25, -0.2) is 0 Å². The van der Waals surface area contributed by atoms with E-state index < -0.39 is 24.4 Å². The molecule has 0 radical (unpaired) electrons. The number of hydrogen-bond acceptors (Lipinski definition) is 4. The molecule has 76 valence electrons. The highest BCUT2D eigenvalue weighted by molar-refractivity contribution is 4.91. The van der Waals surface area contributed by atoms with E-state index in [4.69, 9.17) is 5.11 Å². The van der Waals surface area contributed by atoms with E-state index in [-0.39, 0.29) is 6.42 Å². The number of aliphatic hydroxyl groups is 4. The lowest BCUT2D eigenvalue weighted by atomic mass is 10.0. The summed E-state index contributed by atoms with van der Waals surface area (Å²) in [6, 6.07) is 0. The summed E-state index contributed by atoms with van der Waals surface area (Å²) in [4.78, 5) is 0. The quantitative estimate of drug-likeness (QED) is 0.411. The van der Waals surface area contributed by atoms with E-state index in [2.05, 4.69) is 13.2 Å². The zero-order valence-corrected chi connectivity index (χ0v) is 7.37. The van der Waals surface area contributed by atoms with Crippen LogP contribution >= 0.6 is 0 Å². The normalized spacial score (nSPS) is 20.0. The SMILES string of the molecule is C=CC[C@@H](O)[C@@H](O)[C@@H](O)[C@H](O)C=C. The van der Waals surface area contributed by atoms with Crippen LogP contribution in [0.5, 0.6) is 0 Å². The maximum Gasteiger partial charge on any atom is 0.112 e. The summed E-state index contributed by atoms with van der Waals surface area (Å²) in [6.45, 7) is 6.62. The van der Waals surface area contributed by atoms with Crippen molar-refractivity contribution < 1.29 is 20.4 Å². The minimum atomic E-state index is -1.42. The van der Waals surface area contributed by atoms with Crippen LogP contribution in [-0.4, -0.2) is 44.8 Å². The topological polar surface area (TPSA) is 80.9 Å². The molecule has 0 aliphatic heterocycles. The molecule has 4 nitrogen and oxygen atoms in total. The highest BCUT2D eigenvalue weighted by Gasteiger charge is 2.27. The van der Waals surface area contributed by atoms with Crippen molar-refractivity contribution in [3.63, 3.8) is 0 Å². The van der Waals surface area contributed by atoms with Gasteiger partial charge in [-0.2, -0.15) is 0 Å². The van der Waals surface area contributed by atoms with Gasteiger partial charge < -0.3 is 20.4 Å². The first-order chi connectivity index (χ1) is 6.04. The van der Waals surface area contributed by atoms with Crippen molar-refractivity contribution in [3.8, 4) is 0 Å². The fourth-order valence-corrected chi connectivity index (χ4v) is 0.879. The molecule has 4 heteroatoms. The fourth-order valence-electron chi connectivity index (χ4n) is 0.879. The summed E-state index contributed by atoms with van der Waals surface area (Å²) in [5.41, 5.74) is 0. The van der Waals surface area contributed by atoms with Gasteiger partial charge in [0.2, 0.25) is 0 Å². The van der Waals surface area contributed by atoms with Crippen LogP contribution in [-0.2, 0) is 0 Å². The third kappa shape index (κ3) is 3.69. The van der Waals surface area contributed by atoms with Gasteiger partial charge in [0.1, 0.15) is 18.3 Å². The molecule has 0 aromatic carbocycles. The molecular formula is C9H16O4. The Bertz CT molecular complexity index is 169. The molecule has 0 aromatic heterocycles. The smallest absolute Gasteiger partial charge is 0.112 e. The van der Waals surface area contributed by atoms with Crippen LogP contribution in [0.15, 0.2) is 25.3 Å². The molecule has 0 spiro atoms. The van der Waals surface area contributed by atoms with Crippen LogP contribution in [0.4, 0.5) is 0 Å². The maximum atomic E-state index is 9.26. The summed E-state index contributed by atoms with van der Waals surface area (Å²) in [5, 5.41) is 36.7. The molecule has 0 amide bonds. The molecule has 0 aliphatic rings. The van der Waals surface area contributed by atoms with Crippen molar-refractivity contribution in [2.75, 3.05) is 0 Å². The Labute approximate surface area is 77.5 Å². The summed E-state index contributed by atoms with van der Waals surface area (Å²) >= 11 is 0. The third-order valence-corrected chi connectivity index (χ3v) is 1.74. The van der Waals surface area contributed by atoms with E-state index in [1.54, 1.807) is 0 Å². The summed E-state index contributed by atoms with van der Waals surface area (Å²) < 4.78 is 0. The van der Waals surface area contributed by atoms with Crippen LogP contribution in [0, 0.1) is 0 Å². The Morgan fingerprint density at radius 1 is 1.00 bits per heavy atom. The van der Waals surface area contributed by atoms with Gasteiger partial charge in [-0.3, -0.25) is 0 Å². The average Bonchev–Trinajstić information content (AvgIpc) is 2.14. The Hall–Kier alpha value is -0.680. The van der Waals surface area contributed by atoms with Gasteiger partial charge in [-0.05, 0) is 6.42 Å². The molecule has 0 aliphatic carbocycles. The molecule has 13 heavy (non-hydrogen) atoms. The first-order valence-corrected chi connectivity index (χ1v) is 4.00. The van der Waals surface area contributed by atoms with Gasteiger partial charge in [-0.1, -0.05) is 12.2 Å². The lowest BCUT2D eigenvalue weighted by molar-refractivity contribution is -0.0917. The van der Waals surface area contributed by atoms with Crippen molar-refractivity contribution in [1.29, 1.82) is 0 Å².